The van der Waals surface area contributed by atoms with Gasteiger partial charge in [0, 0.05) is 25.6 Å². The van der Waals surface area contributed by atoms with Gasteiger partial charge in [-0.25, -0.2) is 0 Å². The van der Waals surface area contributed by atoms with Crippen LogP contribution in [0, 0.1) is 5.92 Å². The Morgan fingerprint density at radius 3 is 2.95 bits per heavy atom. The zero-order chi connectivity index (χ0) is 13.7. The van der Waals surface area contributed by atoms with E-state index in [1.54, 1.807) is 0 Å². The van der Waals surface area contributed by atoms with Crippen LogP contribution in [0.25, 0.3) is 0 Å². The summed E-state index contributed by atoms with van der Waals surface area (Å²) in [5.41, 5.74) is 0. The molecule has 1 fully saturated rings. The fourth-order valence-corrected chi connectivity index (χ4v) is 3.13. The quantitative estimate of drug-likeness (QED) is 0.922. The van der Waals surface area contributed by atoms with Crippen molar-refractivity contribution in [2.75, 3.05) is 19.6 Å². The molecule has 2 amide bonds. The van der Waals surface area contributed by atoms with Crippen molar-refractivity contribution in [3.05, 3.63) is 22.4 Å². The van der Waals surface area contributed by atoms with Gasteiger partial charge in [-0.3, -0.25) is 9.59 Å². The van der Waals surface area contributed by atoms with Crippen molar-refractivity contribution in [3.63, 3.8) is 0 Å². The number of amides is 2. The highest BCUT2D eigenvalue weighted by atomic mass is 32.1. The van der Waals surface area contributed by atoms with Crippen LogP contribution in [-0.4, -0.2) is 36.3 Å². The second-order valence-corrected chi connectivity index (χ2v) is 5.74. The monoisotopic (exact) mass is 280 g/mol. The fourth-order valence-electron chi connectivity index (χ4n) is 2.44. The third-order valence-electron chi connectivity index (χ3n) is 3.47. The smallest absolute Gasteiger partial charge is 0.263 e. The van der Waals surface area contributed by atoms with Gasteiger partial charge in [0.2, 0.25) is 5.91 Å². The molecule has 0 spiro atoms. The number of hydrogen-bond acceptors (Lipinski definition) is 3. The maximum Gasteiger partial charge on any atom is 0.263 e. The molecule has 1 aromatic rings. The van der Waals surface area contributed by atoms with Gasteiger partial charge in [0.1, 0.15) is 0 Å². The number of likely N-dealkylation sites (tertiary alicyclic amines) is 1. The van der Waals surface area contributed by atoms with Crippen LogP contribution in [0.15, 0.2) is 17.5 Å². The Morgan fingerprint density at radius 2 is 2.26 bits per heavy atom. The normalized spacial score (nSPS) is 19.8. The number of nitrogens with one attached hydrogen (secondary N) is 1. The molecule has 2 rings (SSSR count). The summed E-state index contributed by atoms with van der Waals surface area (Å²) in [6.45, 7) is 4.04. The molecule has 0 aliphatic carbocycles. The SMILES string of the molecule is CCNC(=O)C1CCCN(C(=O)c2cccs2)CC1. The van der Waals surface area contributed by atoms with Crippen LogP contribution >= 0.6 is 11.3 Å². The van der Waals surface area contributed by atoms with Gasteiger partial charge in [0.15, 0.2) is 0 Å². The molecule has 104 valence electrons. The fraction of sp³-hybridized carbons (Fsp3) is 0.571. The number of thiophene rings is 1. The lowest BCUT2D eigenvalue weighted by atomic mass is 10.00. The highest BCUT2D eigenvalue weighted by molar-refractivity contribution is 7.12. The minimum atomic E-state index is 0.0566. The van der Waals surface area contributed by atoms with Crippen LogP contribution in [0.4, 0.5) is 0 Å². The molecule has 1 saturated heterocycles. The summed E-state index contributed by atoms with van der Waals surface area (Å²) in [5.74, 6) is 0.292. The van der Waals surface area contributed by atoms with Gasteiger partial charge in [-0.15, -0.1) is 11.3 Å². The number of rotatable bonds is 3. The highest BCUT2D eigenvalue weighted by Gasteiger charge is 2.25. The molecule has 2 heterocycles. The van der Waals surface area contributed by atoms with E-state index < -0.39 is 0 Å². The first-order valence-electron chi connectivity index (χ1n) is 6.83. The maximum atomic E-state index is 12.3. The third-order valence-corrected chi connectivity index (χ3v) is 4.33. The lowest BCUT2D eigenvalue weighted by Crippen LogP contribution is -2.33. The molecule has 0 radical (unpaired) electrons. The summed E-state index contributed by atoms with van der Waals surface area (Å²) in [7, 11) is 0. The molecular weight excluding hydrogens is 260 g/mol. The molecule has 1 aliphatic rings. The van der Waals surface area contributed by atoms with Gasteiger partial charge in [-0.2, -0.15) is 0 Å². The Bertz CT molecular complexity index is 431. The summed E-state index contributed by atoms with van der Waals surface area (Å²) < 4.78 is 0. The Hall–Kier alpha value is -1.36. The number of hydrogen-bond donors (Lipinski definition) is 1. The topological polar surface area (TPSA) is 49.4 Å². The molecular formula is C14H20N2O2S. The van der Waals surface area contributed by atoms with Gasteiger partial charge in [-0.1, -0.05) is 6.07 Å². The molecule has 4 nitrogen and oxygen atoms in total. The van der Waals surface area contributed by atoms with Crippen LogP contribution in [0.5, 0.6) is 0 Å². The van der Waals surface area contributed by atoms with Crippen molar-refractivity contribution in [1.29, 1.82) is 0 Å². The van der Waals surface area contributed by atoms with E-state index in [4.69, 9.17) is 0 Å². The van der Waals surface area contributed by atoms with E-state index in [0.29, 0.717) is 13.1 Å². The largest absolute Gasteiger partial charge is 0.356 e. The predicted octanol–water partition coefficient (Wildman–Crippen LogP) is 2.13. The minimum Gasteiger partial charge on any atom is -0.356 e. The first-order chi connectivity index (χ1) is 9.22. The number of carbonyl (C=O) groups excluding carboxylic acids is 2. The molecule has 1 aromatic heterocycles. The summed E-state index contributed by atoms with van der Waals surface area (Å²) in [4.78, 5) is 26.8. The molecule has 0 saturated carbocycles. The second-order valence-electron chi connectivity index (χ2n) is 4.79. The van der Waals surface area contributed by atoms with Gasteiger partial charge in [0.05, 0.1) is 4.88 Å². The molecule has 1 atom stereocenters. The average Bonchev–Trinajstić information content (AvgIpc) is 2.82. The van der Waals surface area contributed by atoms with Crippen LogP contribution in [0.3, 0.4) is 0 Å². The van der Waals surface area contributed by atoms with Crippen molar-refractivity contribution in [2.24, 2.45) is 5.92 Å². The average molecular weight is 280 g/mol. The molecule has 0 bridgehead atoms. The first-order valence-corrected chi connectivity index (χ1v) is 7.70. The van der Waals surface area contributed by atoms with E-state index in [-0.39, 0.29) is 17.7 Å². The lowest BCUT2D eigenvalue weighted by Gasteiger charge is -2.19. The van der Waals surface area contributed by atoms with Crippen LogP contribution in [0.2, 0.25) is 0 Å². The molecule has 1 aliphatic heterocycles. The Balaban J connectivity index is 1.93. The van der Waals surface area contributed by atoms with E-state index in [2.05, 4.69) is 5.32 Å². The van der Waals surface area contributed by atoms with Gasteiger partial charge >= 0.3 is 0 Å². The van der Waals surface area contributed by atoms with Crippen LogP contribution in [0.1, 0.15) is 35.9 Å². The summed E-state index contributed by atoms with van der Waals surface area (Å²) in [6.07, 6.45) is 2.54. The van der Waals surface area contributed by atoms with Crippen LogP contribution < -0.4 is 5.32 Å². The van der Waals surface area contributed by atoms with E-state index in [1.807, 2.05) is 29.3 Å². The van der Waals surface area contributed by atoms with Crippen molar-refractivity contribution < 1.29 is 9.59 Å². The Labute approximate surface area is 117 Å². The van der Waals surface area contributed by atoms with Crippen molar-refractivity contribution in [3.8, 4) is 0 Å². The molecule has 19 heavy (non-hydrogen) atoms. The maximum absolute atomic E-state index is 12.3. The zero-order valence-electron chi connectivity index (χ0n) is 11.2. The van der Waals surface area contributed by atoms with Crippen molar-refractivity contribution >= 4 is 23.2 Å². The first kappa shape index (κ1) is 14.1. The van der Waals surface area contributed by atoms with Gasteiger partial charge in [0.25, 0.3) is 5.91 Å². The summed E-state index contributed by atoms with van der Waals surface area (Å²) >= 11 is 1.48. The molecule has 1 unspecified atom stereocenters. The van der Waals surface area contributed by atoms with Gasteiger partial charge < -0.3 is 10.2 Å². The highest BCUT2D eigenvalue weighted by Crippen LogP contribution is 2.20. The zero-order valence-corrected chi connectivity index (χ0v) is 12.0. The van der Waals surface area contributed by atoms with Crippen molar-refractivity contribution in [2.45, 2.75) is 26.2 Å². The van der Waals surface area contributed by atoms with E-state index in [0.717, 1.165) is 30.7 Å². The lowest BCUT2D eigenvalue weighted by molar-refractivity contribution is -0.125. The van der Waals surface area contributed by atoms with Crippen LogP contribution in [-0.2, 0) is 4.79 Å². The third kappa shape index (κ3) is 3.56. The summed E-state index contributed by atoms with van der Waals surface area (Å²) in [6, 6.07) is 3.76. The van der Waals surface area contributed by atoms with E-state index in [9.17, 15) is 9.59 Å². The molecule has 1 N–H and O–H groups in total. The Morgan fingerprint density at radius 1 is 1.42 bits per heavy atom. The van der Waals surface area contributed by atoms with Gasteiger partial charge in [-0.05, 0) is 37.6 Å². The predicted molar refractivity (Wildman–Crippen MR) is 76.2 cm³/mol. The minimum absolute atomic E-state index is 0.0566. The van der Waals surface area contributed by atoms with Crippen molar-refractivity contribution in [1.82, 2.24) is 10.2 Å². The number of carbonyl (C=O) groups is 2. The van der Waals surface area contributed by atoms with E-state index in [1.165, 1.54) is 11.3 Å². The Kier molecular flexibility index (Phi) is 4.96. The second kappa shape index (κ2) is 6.70. The standard InChI is InChI=1S/C14H20N2O2S/c1-2-15-13(17)11-5-3-8-16(9-7-11)14(18)12-6-4-10-19-12/h4,6,10-11H,2-3,5,7-9H2,1H3,(H,15,17). The molecule has 5 heteroatoms. The number of nitrogens with zero attached hydrogens (tertiary/aromatic N) is 1. The molecule has 0 aromatic carbocycles. The van der Waals surface area contributed by atoms with E-state index >= 15 is 0 Å². The summed E-state index contributed by atoms with van der Waals surface area (Å²) in [5, 5.41) is 4.79.